The Labute approximate surface area is 220 Å². The van der Waals surface area contributed by atoms with E-state index >= 15 is 0 Å². The first-order valence-corrected chi connectivity index (χ1v) is 14.4. The number of carbonyl (C=O) groups is 2. The molecule has 1 N–H and O–H groups in total. The van der Waals surface area contributed by atoms with Gasteiger partial charge in [0.15, 0.2) is 0 Å². The number of amides is 2. The van der Waals surface area contributed by atoms with Gasteiger partial charge < -0.3 is 19.7 Å². The van der Waals surface area contributed by atoms with Gasteiger partial charge in [0.2, 0.25) is 21.8 Å². The maximum Gasteiger partial charge on any atom is 0.242 e. The number of ether oxygens (including phenoxy) is 2. The lowest BCUT2D eigenvalue weighted by molar-refractivity contribution is -0.140. The van der Waals surface area contributed by atoms with Crippen molar-refractivity contribution in [3.63, 3.8) is 0 Å². The number of nitrogens with one attached hydrogen (secondary N) is 1. The Morgan fingerprint density at radius 3 is 2.32 bits per heavy atom. The van der Waals surface area contributed by atoms with Crippen molar-refractivity contribution in [3.8, 4) is 11.5 Å². The van der Waals surface area contributed by atoms with Crippen LogP contribution < -0.4 is 19.1 Å². The Bertz CT molecular complexity index is 1120. The van der Waals surface area contributed by atoms with E-state index in [0.717, 1.165) is 18.2 Å². The van der Waals surface area contributed by atoms with E-state index in [9.17, 15) is 18.0 Å². The van der Waals surface area contributed by atoms with Crippen LogP contribution in [0.3, 0.4) is 0 Å². The zero-order chi connectivity index (χ0) is 27.4. The fourth-order valence-electron chi connectivity index (χ4n) is 3.83. The molecule has 0 heterocycles. The van der Waals surface area contributed by atoms with E-state index in [1.54, 1.807) is 50.4 Å². The Morgan fingerprint density at radius 2 is 1.73 bits per heavy atom. The molecule has 37 heavy (non-hydrogen) atoms. The van der Waals surface area contributed by atoms with Gasteiger partial charge in [0.05, 0.1) is 25.7 Å². The third kappa shape index (κ3) is 8.96. The van der Waals surface area contributed by atoms with Crippen molar-refractivity contribution >= 4 is 27.5 Å². The largest absolute Gasteiger partial charge is 0.497 e. The van der Waals surface area contributed by atoms with E-state index < -0.39 is 16.1 Å². The molecule has 10 heteroatoms. The second-order valence-corrected chi connectivity index (χ2v) is 10.6. The Kier molecular flexibility index (Phi) is 11.7. The van der Waals surface area contributed by atoms with Crippen molar-refractivity contribution in [2.24, 2.45) is 0 Å². The Balaban J connectivity index is 2.19. The molecule has 0 radical (unpaired) electrons. The van der Waals surface area contributed by atoms with E-state index in [2.05, 4.69) is 5.32 Å². The zero-order valence-corrected chi connectivity index (χ0v) is 23.2. The lowest BCUT2D eigenvalue weighted by Gasteiger charge is -2.29. The first-order chi connectivity index (χ1) is 17.6. The lowest BCUT2D eigenvalue weighted by Crippen LogP contribution is -2.47. The van der Waals surface area contributed by atoms with Crippen LogP contribution >= 0.6 is 0 Å². The van der Waals surface area contributed by atoms with Crippen LogP contribution in [0.1, 0.15) is 45.6 Å². The van der Waals surface area contributed by atoms with Gasteiger partial charge in [-0.1, -0.05) is 31.2 Å². The SMILES string of the molecule is CCCNC(=O)[C@@H](C)N(Cc1ccc(OC)cc1)C(=O)CCCN(c1ccccc1OCC)S(C)(=O)=O. The molecule has 2 amide bonds. The van der Waals surface area contributed by atoms with E-state index in [1.165, 1.54) is 9.21 Å². The highest BCUT2D eigenvalue weighted by Crippen LogP contribution is 2.30. The number of hydrogen-bond acceptors (Lipinski definition) is 6. The first-order valence-electron chi connectivity index (χ1n) is 12.5. The molecule has 0 bridgehead atoms. The molecule has 0 aromatic heterocycles. The van der Waals surface area contributed by atoms with Crippen LogP contribution in [0.15, 0.2) is 48.5 Å². The summed E-state index contributed by atoms with van der Waals surface area (Å²) in [7, 11) is -2.04. The maximum atomic E-state index is 13.4. The Morgan fingerprint density at radius 1 is 1.05 bits per heavy atom. The second kappa shape index (κ2) is 14.5. The molecule has 0 aliphatic rings. The number of rotatable bonds is 15. The average Bonchev–Trinajstić information content (AvgIpc) is 2.88. The van der Waals surface area contributed by atoms with Crippen LogP contribution in [0.25, 0.3) is 0 Å². The van der Waals surface area contributed by atoms with Crippen LogP contribution in [0.2, 0.25) is 0 Å². The summed E-state index contributed by atoms with van der Waals surface area (Å²) in [4.78, 5) is 27.6. The van der Waals surface area contributed by atoms with Crippen LogP contribution in [0, 0.1) is 0 Å². The van der Waals surface area contributed by atoms with Crippen molar-refractivity contribution in [3.05, 3.63) is 54.1 Å². The number of methoxy groups -OCH3 is 1. The minimum absolute atomic E-state index is 0.0738. The minimum atomic E-state index is -3.62. The standard InChI is InChI=1S/C27H39N3O6S/c1-6-18-28-27(32)21(3)29(20-22-14-16-23(35-4)17-15-22)26(31)13-10-19-30(37(5,33)34)24-11-8-9-12-25(24)36-7-2/h8-9,11-12,14-17,21H,6-7,10,13,18-20H2,1-5H3,(H,28,32)/t21-/m1/s1. The predicted molar refractivity (Wildman–Crippen MR) is 145 cm³/mol. The van der Waals surface area contributed by atoms with Crippen LogP contribution in [0.4, 0.5) is 5.69 Å². The minimum Gasteiger partial charge on any atom is -0.497 e. The molecule has 2 aromatic rings. The van der Waals surface area contributed by atoms with Gasteiger partial charge in [0.1, 0.15) is 17.5 Å². The van der Waals surface area contributed by atoms with Crippen molar-refractivity contribution in [2.75, 3.05) is 37.4 Å². The summed E-state index contributed by atoms with van der Waals surface area (Å²) in [5.74, 6) is 0.696. The number of hydrogen-bond donors (Lipinski definition) is 1. The number of benzene rings is 2. The van der Waals surface area contributed by atoms with Crippen molar-refractivity contribution in [2.45, 2.75) is 52.6 Å². The van der Waals surface area contributed by atoms with Gasteiger partial charge in [0, 0.05) is 26.1 Å². The highest BCUT2D eigenvalue weighted by molar-refractivity contribution is 7.92. The molecule has 2 rings (SSSR count). The molecule has 0 spiro atoms. The molecule has 2 aromatic carbocycles. The number of para-hydroxylation sites is 2. The fraction of sp³-hybridized carbons (Fsp3) is 0.481. The lowest BCUT2D eigenvalue weighted by atomic mass is 10.1. The number of anilines is 1. The molecule has 0 fully saturated rings. The first kappa shape index (κ1) is 30.0. The summed E-state index contributed by atoms with van der Waals surface area (Å²) in [5, 5.41) is 2.85. The van der Waals surface area contributed by atoms with Gasteiger partial charge in [-0.25, -0.2) is 8.42 Å². The normalized spacial score (nSPS) is 11.9. The molecule has 9 nitrogen and oxygen atoms in total. The summed E-state index contributed by atoms with van der Waals surface area (Å²) in [6.45, 7) is 6.75. The topological polar surface area (TPSA) is 105 Å². The summed E-state index contributed by atoms with van der Waals surface area (Å²) in [6.07, 6.45) is 2.27. The highest BCUT2D eigenvalue weighted by atomic mass is 32.2. The van der Waals surface area contributed by atoms with Crippen molar-refractivity contribution < 1.29 is 27.5 Å². The van der Waals surface area contributed by atoms with Crippen LogP contribution in [-0.4, -0.2) is 64.2 Å². The van der Waals surface area contributed by atoms with Gasteiger partial charge >= 0.3 is 0 Å². The third-order valence-corrected chi connectivity index (χ3v) is 6.99. The Hall–Kier alpha value is -3.27. The van der Waals surface area contributed by atoms with Gasteiger partial charge in [-0.15, -0.1) is 0 Å². The molecular formula is C27H39N3O6S. The van der Waals surface area contributed by atoms with Gasteiger partial charge in [-0.3, -0.25) is 13.9 Å². The summed E-state index contributed by atoms with van der Waals surface area (Å²) < 4.78 is 37.3. The molecule has 1 atom stereocenters. The maximum absolute atomic E-state index is 13.4. The quantitative estimate of drug-likeness (QED) is 0.375. The van der Waals surface area contributed by atoms with Gasteiger partial charge in [-0.2, -0.15) is 0 Å². The summed E-state index contributed by atoms with van der Waals surface area (Å²) in [5.41, 5.74) is 1.29. The summed E-state index contributed by atoms with van der Waals surface area (Å²) >= 11 is 0. The fourth-order valence-corrected chi connectivity index (χ4v) is 4.80. The predicted octanol–water partition coefficient (Wildman–Crippen LogP) is 3.58. The number of nitrogens with zero attached hydrogens (tertiary/aromatic N) is 2. The second-order valence-electron chi connectivity index (χ2n) is 8.68. The molecule has 0 aliphatic heterocycles. The third-order valence-electron chi connectivity index (χ3n) is 5.81. The van der Waals surface area contributed by atoms with E-state index in [4.69, 9.17) is 9.47 Å². The summed E-state index contributed by atoms with van der Waals surface area (Å²) in [6, 6.07) is 13.6. The number of carbonyl (C=O) groups excluding carboxylic acids is 2. The molecular weight excluding hydrogens is 494 g/mol. The molecule has 0 unspecified atom stereocenters. The molecule has 204 valence electrons. The smallest absolute Gasteiger partial charge is 0.242 e. The van der Waals surface area contributed by atoms with Crippen LogP contribution in [-0.2, 0) is 26.2 Å². The van der Waals surface area contributed by atoms with E-state index in [0.29, 0.717) is 30.3 Å². The zero-order valence-electron chi connectivity index (χ0n) is 22.4. The number of sulfonamides is 1. The highest BCUT2D eigenvalue weighted by Gasteiger charge is 2.27. The molecule has 0 saturated carbocycles. The monoisotopic (exact) mass is 533 g/mol. The van der Waals surface area contributed by atoms with E-state index in [1.807, 2.05) is 26.0 Å². The average molecular weight is 534 g/mol. The molecule has 0 aliphatic carbocycles. The molecule has 0 saturated heterocycles. The van der Waals surface area contributed by atoms with Crippen molar-refractivity contribution in [1.82, 2.24) is 10.2 Å². The van der Waals surface area contributed by atoms with Gasteiger partial charge in [0.25, 0.3) is 0 Å². The van der Waals surface area contributed by atoms with Crippen molar-refractivity contribution in [1.29, 1.82) is 0 Å². The van der Waals surface area contributed by atoms with Gasteiger partial charge in [-0.05, 0) is 56.5 Å². The van der Waals surface area contributed by atoms with E-state index in [-0.39, 0.29) is 37.7 Å². The van der Waals surface area contributed by atoms with Crippen LogP contribution in [0.5, 0.6) is 11.5 Å².